The minimum Gasteiger partial charge on any atom is -0.481 e. The highest BCUT2D eigenvalue weighted by atomic mass is 32.2. The van der Waals surface area contributed by atoms with Crippen molar-refractivity contribution in [1.82, 2.24) is 0 Å². The summed E-state index contributed by atoms with van der Waals surface area (Å²) in [6.45, 7) is 1.69. The van der Waals surface area contributed by atoms with Gasteiger partial charge in [-0.1, -0.05) is 19.1 Å². The number of carboxylic acids is 1. The molecule has 0 heterocycles. The third kappa shape index (κ3) is 3.06. The van der Waals surface area contributed by atoms with Gasteiger partial charge in [-0.2, -0.15) is 0 Å². The number of aliphatic carboxylic acids is 1. The molecule has 0 spiro atoms. The van der Waals surface area contributed by atoms with Crippen molar-refractivity contribution in [3.05, 3.63) is 29.8 Å². The molecule has 2 N–H and O–H groups in total. The molecule has 0 fully saturated rings. The van der Waals surface area contributed by atoms with Gasteiger partial charge in [0.25, 0.3) is 0 Å². The summed E-state index contributed by atoms with van der Waals surface area (Å²) in [5.74, 6) is -0.629. The molecule has 1 unspecified atom stereocenters. The summed E-state index contributed by atoms with van der Waals surface area (Å²) in [5, 5.41) is 8.55. The molecule has 0 bridgehead atoms. The Kier molecular flexibility index (Phi) is 3.47. The van der Waals surface area contributed by atoms with Crippen molar-refractivity contribution in [2.45, 2.75) is 18.2 Å². The van der Waals surface area contributed by atoms with Gasteiger partial charge in [0.05, 0.1) is 16.1 Å². The van der Waals surface area contributed by atoms with Gasteiger partial charge in [-0.3, -0.25) is 4.79 Å². The molecule has 0 amide bonds. The van der Waals surface area contributed by atoms with Gasteiger partial charge in [0, 0.05) is 10.6 Å². The number of nitrogens with one attached hydrogen (secondary N) is 1. The van der Waals surface area contributed by atoms with Gasteiger partial charge in [0.15, 0.2) is 0 Å². The topological polar surface area (TPSA) is 78.2 Å². The van der Waals surface area contributed by atoms with Crippen LogP contribution in [0.25, 0.3) is 0 Å². The number of hydrogen-bond donors (Lipinski definition) is 2. The first-order valence-corrected chi connectivity index (χ1v) is 6.25. The molecule has 0 aromatic heterocycles. The van der Waals surface area contributed by atoms with Gasteiger partial charge in [-0.05, 0) is 17.7 Å². The largest absolute Gasteiger partial charge is 0.481 e. The van der Waals surface area contributed by atoms with Gasteiger partial charge < -0.3 is 5.11 Å². The lowest BCUT2D eigenvalue weighted by molar-refractivity contribution is -0.136. The Morgan fingerprint density at radius 1 is 1.40 bits per heavy atom. The van der Waals surface area contributed by atoms with Crippen molar-refractivity contribution in [2.24, 2.45) is 0 Å². The molecule has 0 aliphatic rings. The molecule has 0 aliphatic carbocycles. The number of carboxylic acid groups (broad SMARTS) is 1. The number of rotatable bonds is 4. The van der Waals surface area contributed by atoms with Crippen LogP contribution in [0.3, 0.4) is 0 Å². The molecule has 4 nitrogen and oxygen atoms in total. The summed E-state index contributed by atoms with van der Waals surface area (Å²) in [6, 6.07) is 6.34. The van der Waals surface area contributed by atoms with Crippen LogP contribution >= 0.6 is 0 Å². The normalized spacial score (nSPS) is 14.5. The molecule has 0 aliphatic heterocycles. The molecule has 5 heteroatoms. The molecule has 1 aromatic rings. The number of benzene rings is 1. The predicted octanol–water partition coefficient (Wildman–Crippen LogP) is 1.74. The molecule has 0 radical (unpaired) electrons. The van der Waals surface area contributed by atoms with Gasteiger partial charge in [-0.25, -0.2) is 8.99 Å². The summed E-state index contributed by atoms with van der Waals surface area (Å²) in [7, 11) is -2.69. The van der Waals surface area contributed by atoms with E-state index in [0.717, 1.165) is 0 Å². The lowest BCUT2D eigenvalue weighted by Gasteiger charge is -2.04. The summed E-state index contributed by atoms with van der Waals surface area (Å²) in [4.78, 5) is 10.9. The van der Waals surface area contributed by atoms with Crippen molar-refractivity contribution in [3.8, 4) is 0 Å². The van der Waals surface area contributed by atoms with Crippen LogP contribution in [0.4, 0.5) is 0 Å². The third-order valence-electron chi connectivity index (χ3n) is 2.07. The van der Waals surface area contributed by atoms with Gasteiger partial charge in [-0.15, -0.1) is 0 Å². The Hall–Kier alpha value is -1.36. The summed E-state index contributed by atoms with van der Waals surface area (Å²) in [5.41, 5.74) is 0.651. The van der Waals surface area contributed by atoms with Crippen LogP contribution < -0.4 is 0 Å². The molecule has 1 aromatic carbocycles. The average molecular weight is 227 g/mol. The van der Waals surface area contributed by atoms with E-state index in [0.29, 0.717) is 10.5 Å². The Bertz CT molecular complexity index is 448. The highest BCUT2D eigenvalue weighted by Crippen LogP contribution is 2.13. The Morgan fingerprint density at radius 3 is 2.33 bits per heavy atom. The number of hydrogen-bond acceptors (Lipinski definition) is 3. The predicted molar refractivity (Wildman–Crippen MR) is 57.5 cm³/mol. The zero-order valence-electron chi connectivity index (χ0n) is 8.40. The van der Waals surface area contributed by atoms with Gasteiger partial charge in [0.2, 0.25) is 0 Å². The van der Waals surface area contributed by atoms with E-state index in [9.17, 15) is 9.00 Å². The standard InChI is InChI=1S/C10H13NO3S/c1-2-15(11,14)9-5-3-8(4-6-9)7-10(12)13/h3-6,11H,2,7H2,1H3,(H,12,13). The van der Waals surface area contributed by atoms with Crippen molar-refractivity contribution in [1.29, 1.82) is 4.78 Å². The molecule has 0 saturated carbocycles. The van der Waals surface area contributed by atoms with E-state index in [1.165, 1.54) is 0 Å². The Morgan fingerprint density at radius 2 is 1.93 bits per heavy atom. The van der Waals surface area contributed by atoms with Crippen LogP contribution in [0.5, 0.6) is 0 Å². The highest BCUT2D eigenvalue weighted by Gasteiger charge is 2.07. The number of carbonyl (C=O) groups is 1. The van der Waals surface area contributed by atoms with Crippen molar-refractivity contribution in [3.63, 3.8) is 0 Å². The first-order valence-electron chi connectivity index (χ1n) is 4.53. The second-order valence-electron chi connectivity index (χ2n) is 3.18. The maximum absolute atomic E-state index is 11.6. The maximum Gasteiger partial charge on any atom is 0.307 e. The molecular formula is C10H13NO3S. The van der Waals surface area contributed by atoms with Crippen molar-refractivity contribution in [2.75, 3.05) is 5.75 Å². The smallest absolute Gasteiger partial charge is 0.307 e. The van der Waals surface area contributed by atoms with Crippen LogP contribution in [0.15, 0.2) is 29.2 Å². The molecular weight excluding hydrogens is 214 g/mol. The summed E-state index contributed by atoms with van der Waals surface area (Å²) >= 11 is 0. The average Bonchev–Trinajstić information content (AvgIpc) is 2.18. The Balaban J connectivity index is 2.95. The summed E-state index contributed by atoms with van der Waals surface area (Å²) < 4.78 is 19.2. The van der Waals surface area contributed by atoms with Gasteiger partial charge >= 0.3 is 5.97 Å². The minimum absolute atomic E-state index is 0.0500. The zero-order chi connectivity index (χ0) is 11.5. The fourth-order valence-electron chi connectivity index (χ4n) is 1.17. The molecule has 1 rings (SSSR count). The van der Waals surface area contributed by atoms with Crippen LogP contribution in [0.1, 0.15) is 12.5 Å². The molecule has 0 saturated heterocycles. The van der Waals surface area contributed by atoms with E-state index in [2.05, 4.69) is 0 Å². The lowest BCUT2D eigenvalue weighted by Crippen LogP contribution is -2.03. The molecule has 1 atom stereocenters. The monoisotopic (exact) mass is 227 g/mol. The van der Waals surface area contributed by atoms with Crippen LogP contribution in [0.2, 0.25) is 0 Å². The second-order valence-corrected chi connectivity index (χ2v) is 5.58. The lowest BCUT2D eigenvalue weighted by atomic mass is 10.2. The van der Waals surface area contributed by atoms with Gasteiger partial charge in [0.1, 0.15) is 0 Å². The molecule has 15 heavy (non-hydrogen) atoms. The van der Waals surface area contributed by atoms with Crippen LogP contribution in [0, 0.1) is 4.78 Å². The van der Waals surface area contributed by atoms with Crippen LogP contribution in [-0.4, -0.2) is 21.0 Å². The maximum atomic E-state index is 11.6. The van der Waals surface area contributed by atoms with E-state index < -0.39 is 15.7 Å². The van der Waals surface area contributed by atoms with E-state index in [4.69, 9.17) is 9.89 Å². The van der Waals surface area contributed by atoms with Crippen molar-refractivity contribution < 1.29 is 14.1 Å². The highest BCUT2D eigenvalue weighted by molar-refractivity contribution is 7.92. The first kappa shape index (κ1) is 11.7. The quantitative estimate of drug-likeness (QED) is 0.822. The third-order valence-corrected chi connectivity index (χ3v) is 3.91. The SMILES string of the molecule is CCS(=N)(=O)c1ccc(CC(=O)O)cc1. The van der Waals surface area contributed by atoms with E-state index in [-0.39, 0.29) is 12.2 Å². The van der Waals surface area contributed by atoms with Crippen molar-refractivity contribution >= 4 is 15.7 Å². The fraction of sp³-hybridized carbons (Fsp3) is 0.300. The first-order chi connectivity index (χ1) is 6.95. The molecule has 82 valence electrons. The summed E-state index contributed by atoms with van der Waals surface area (Å²) in [6.07, 6.45) is -0.0500. The zero-order valence-corrected chi connectivity index (χ0v) is 9.21. The van der Waals surface area contributed by atoms with Crippen LogP contribution in [-0.2, 0) is 20.9 Å². The van der Waals surface area contributed by atoms with E-state index in [1.807, 2.05) is 0 Å². The van der Waals surface area contributed by atoms with E-state index >= 15 is 0 Å². The second kappa shape index (κ2) is 4.44. The van der Waals surface area contributed by atoms with E-state index in [1.54, 1.807) is 31.2 Å². The minimum atomic E-state index is -2.69. The Labute approximate surface area is 88.9 Å². The fourth-order valence-corrected chi connectivity index (χ4v) is 2.08.